The van der Waals surface area contributed by atoms with Crippen molar-refractivity contribution >= 4 is 21.6 Å². The van der Waals surface area contributed by atoms with Gasteiger partial charge in [-0.25, -0.2) is 8.42 Å². The summed E-state index contributed by atoms with van der Waals surface area (Å²) in [5.41, 5.74) is 1.67. The van der Waals surface area contributed by atoms with Gasteiger partial charge in [-0.15, -0.1) is 0 Å². The quantitative estimate of drug-likeness (QED) is 0.855. The molecule has 1 fully saturated rings. The number of anilines is 1. The molecule has 0 spiro atoms. The van der Waals surface area contributed by atoms with Gasteiger partial charge < -0.3 is 10.0 Å². The predicted molar refractivity (Wildman–Crippen MR) is 77.6 cm³/mol. The molecule has 2 aliphatic rings. The van der Waals surface area contributed by atoms with Crippen LogP contribution in [0.4, 0.5) is 5.69 Å². The van der Waals surface area contributed by atoms with E-state index in [1.807, 2.05) is 0 Å². The topological polar surface area (TPSA) is 77.9 Å². The van der Waals surface area contributed by atoms with E-state index < -0.39 is 16.1 Å². The molecule has 2 heterocycles. The van der Waals surface area contributed by atoms with Crippen molar-refractivity contribution in [3.8, 4) is 0 Å². The summed E-state index contributed by atoms with van der Waals surface area (Å²) in [4.78, 5) is 13.4. The first-order valence-electron chi connectivity index (χ1n) is 6.99. The summed E-state index contributed by atoms with van der Waals surface area (Å²) in [7, 11) is -3.56. The van der Waals surface area contributed by atoms with Crippen molar-refractivity contribution in [2.24, 2.45) is 0 Å². The monoisotopic (exact) mass is 310 g/mol. The number of carbonyl (C=O) groups excluding carboxylic acids is 1. The Balaban J connectivity index is 1.93. The minimum absolute atomic E-state index is 0.0352. The smallest absolute Gasteiger partial charge is 0.243 e. The molecule has 0 saturated carbocycles. The van der Waals surface area contributed by atoms with Crippen LogP contribution in [0.15, 0.2) is 23.1 Å². The lowest BCUT2D eigenvalue weighted by atomic mass is 10.2. The number of aliphatic hydroxyl groups excluding tert-OH is 1. The lowest BCUT2D eigenvalue weighted by Gasteiger charge is -2.18. The minimum atomic E-state index is -3.56. The standard InChI is InChI=1S/C14H18N2O4S/c1-10(17)16-7-4-11-8-13(2-3-14(11)16)21(19,20)15-6-5-12(18)9-15/h2-3,8,12,18H,4-7,9H2,1H3. The molecule has 1 saturated heterocycles. The van der Waals surface area contributed by atoms with Crippen LogP contribution in [0.5, 0.6) is 0 Å². The molecule has 21 heavy (non-hydrogen) atoms. The van der Waals surface area contributed by atoms with E-state index in [2.05, 4.69) is 0 Å². The Labute approximate surface area is 124 Å². The first-order chi connectivity index (χ1) is 9.89. The Morgan fingerprint density at radius 3 is 2.71 bits per heavy atom. The molecular formula is C14H18N2O4S. The van der Waals surface area contributed by atoms with Crippen molar-refractivity contribution in [1.82, 2.24) is 4.31 Å². The van der Waals surface area contributed by atoms with Gasteiger partial charge in [0.2, 0.25) is 15.9 Å². The third-order valence-corrected chi connectivity index (χ3v) is 5.95. The highest BCUT2D eigenvalue weighted by molar-refractivity contribution is 7.89. The van der Waals surface area contributed by atoms with Gasteiger partial charge >= 0.3 is 0 Å². The lowest BCUT2D eigenvalue weighted by Crippen LogP contribution is -2.29. The summed E-state index contributed by atoms with van der Waals surface area (Å²) in [6.07, 6.45) is 0.561. The summed E-state index contributed by atoms with van der Waals surface area (Å²) >= 11 is 0. The molecule has 1 amide bonds. The highest BCUT2D eigenvalue weighted by Crippen LogP contribution is 2.31. The molecule has 0 radical (unpaired) electrons. The second-order valence-electron chi connectivity index (χ2n) is 5.52. The van der Waals surface area contributed by atoms with Crippen LogP contribution in [0.2, 0.25) is 0 Å². The molecule has 3 rings (SSSR count). The van der Waals surface area contributed by atoms with E-state index in [-0.39, 0.29) is 17.3 Å². The van der Waals surface area contributed by atoms with Crippen molar-refractivity contribution in [2.45, 2.75) is 30.8 Å². The van der Waals surface area contributed by atoms with Gasteiger partial charge in [-0.2, -0.15) is 4.31 Å². The largest absolute Gasteiger partial charge is 0.392 e. The fourth-order valence-electron chi connectivity index (χ4n) is 2.94. The number of sulfonamides is 1. The number of aliphatic hydroxyl groups is 1. The molecular weight excluding hydrogens is 292 g/mol. The molecule has 1 aromatic rings. The van der Waals surface area contributed by atoms with Gasteiger partial charge in [0.1, 0.15) is 0 Å². The fourth-order valence-corrected chi connectivity index (χ4v) is 4.49. The van der Waals surface area contributed by atoms with Crippen LogP contribution < -0.4 is 4.90 Å². The second kappa shape index (κ2) is 5.08. The number of rotatable bonds is 2. The van der Waals surface area contributed by atoms with E-state index in [4.69, 9.17) is 0 Å². The zero-order valence-electron chi connectivity index (χ0n) is 11.8. The van der Waals surface area contributed by atoms with Crippen molar-refractivity contribution in [1.29, 1.82) is 0 Å². The summed E-state index contributed by atoms with van der Waals surface area (Å²) in [6, 6.07) is 4.89. The molecule has 0 bridgehead atoms. The highest BCUT2D eigenvalue weighted by atomic mass is 32.2. The summed E-state index contributed by atoms with van der Waals surface area (Å²) in [6.45, 7) is 2.60. The maximum atomic E-state index is 12.5. The van der Waals surface area contributed by atoms with Gasteiger partial charge in [0.05, 0.1) is 11.0 Å². The Hall–Kier alpha value is -1.44. The number of nitrogens with zero attached hydrogens (tertiary/aromatic N) is 2. The SMILES string of the molecule is CC(=O)N1CCc2cc(S(=O)(=O)N3CCC(O)C3)ccc21. The molecule has 1 unspecified atom stereocenters. The van der Waals surface area contributed by atoms with Crippen LogP contribution in [-0.4, -0.2) is 49.5 Å². The molecule has 0 aliphatic carbocycles. The Kier molecular flexibility index (Phi) is 3.51. The van der Waals surface area contributed by atoms with Gasteiger partial charge in [-0.3, -0.25) is 4.79 Å². The van der Waals surface area contributed by atoms with Crippen LogP contribution in [-0.2, 0) is 21.2 Å². The van der Waals surface area contributed by atoms with Crippen molar-refractivity contribution in [3.05, 3.63) is 23.8 Å². The molecule has 7 heteroatoms. The van der Waals surface area contributed by atoms with Gasteiger partial charge in [-0.1, -0.05) is 0 Å². The summed E-state index contributed by atoms with van der Waals surface area (Å²) in [5.74, 6) is -0.0352. The average Bonchev–Trinajstić information content (AvgIpc) is 3.03. The Morgan fingerprint density at radius 2 is 2.10 bits per heavy atom. The maximum Gasteiger partial charge on any atom is 0.243 e. The van der Waals surface area contributed by atoms with Crippen LogP contribution in [0.25, 0.3) is 0 Å². The van der Waals surface area contributed by atoms with Gasteiger partial charge in [0.15, 0.2) is 0 Å². The van der Waals surface area contributed by atoms with Gasteiger partial charge in [-0.05, 0) is 36.6 Å². The third kappa shape index (κ3) is 2.45. The van der Waals surface area contributed by atoms with E-state index in [9.17, 15) is 18.3 Å². The maximum absolute atomic E-state index is 12.5. The predicted octanol–water partition coefficient (Wildman–Crippen LogP) is 0.351. The summed E-state index contributed by atoms with van der Waals surface area (Å²) in [5, 5.41) is 9.51. The molecule has 1 aromatic carbocycles. The molecule has 6 nitrogen and oxygen atoms in total. The zero-order valence-corrected chi connectivity index (χ0v) is 12.6. The van der Waals surface area contributed by atoms with E-state index in [0.29, 0.717) is 25.9 Å². The first kappa shape index (κ1) is 14.5. The van der Waals surface area contributed by atoms with Crippen LogP contribution in [0, 0.1) is 0 Å². The zero-order chi connectivity index (χ0) is 15.2. The molecule has 1 atom stereocenters. The molecule has 0 aromatic heterocycles. The number of hydrogen-bond donors (Lipinski definition) is 1. The molecule has 1 N–H and O–H groups in total. The highest BCUT2D eigenvalue weighted by Gasteiger charge is 2.33. The van der Waals surface area contributed by atoms with Crippen molar-refractivity contribution < 1.29 is 18.3 Å². The minimum Gasteiger partial charge on any atom is -0.392 e. The molecule has 2 aliphatic heterocycles. The van der Waals surface area contributed by atoms with E-state index in [1.54, 1.807) is 23.1 Å². The number of hydrogen-bond acceptors (Lipinski definition) is 4. The average molecular weight is 310 g/mol. The lowest BCUT2D eigenvalue weighted by molar-refractivity contribution is -0.116. The number of β-amino-alcohol motifs (C(OH)–C–C–N with tert-alkyl or cyclic N) is 1. The number of benzene rings is 1. The summed E-state index contributed by atoms with van der Waals surface area (Å²) < 4.78 is 26.4. The Bertz CT molecular complexity index is 686. The normalized spacial score (nSPS) is 22.6. The second-order valence-corrected chi connectivity index (χ2v) is 7.45. The van der Waals surface area contributed by atoms with Crippen LogP contribution in [0.3, 0.4) is 0 Å². The van der Waals surface area contributed by atoms with E-state index in [0.717, 1.165) is 11.3 Å². The van der Waals surface area contributed by atoms with Gasteiger partial charge in [0, 0.05) is 32.2 Å². The van der Waals surface area contributed by atoms with Gasteiger partial charge in [0.25, 0.3) is 0 Å². The third-order valence-electron chi connectivity index (χ3n) is 4.09. The van der Waals surface area contributed by atoms with Crippen molar-refractivity contribution in [3.63, 3.8) is 0 Å². The van der Waals surface area contributed by atoms with Crippen molar-refractivity contribution in [2.75, 3.05) is 24.5 Å². The molecule has 114 valence electrons. The van der Waals surface area contributed by atoms with E-state index in [1.165, 1.54) is 11.2 Å². The number of carbonyl (C=O) groups is 1. The number of fused-ring (bicyclic) bond motifs is 1. The van der Waals surface area contributed by atoms with E-state index >= 15 is 0 Å². The fraction of sp³-hybridized carbons (Fsp3) is 0.500. The number of amides is 1. The first-order valence-corrected chi connectivity index (χ1v) is 8.43. The van der Waals surface area contributed by atoms with Crippen LogP contribution in [0.1, 0.15) is 18.9 Å². The Morgan fingerprint density at radius 1 is 1.33 bits per heavy atom. The van der Waals surface area contributed by atoms with Crippen LogP contribution >= 0.6 is 0 Å².